The minimum Gasteiger partial charge on any atom is -0.320 e. The molecule has 0 saturated carbocycles. The largest absolute Gasteiger partial charge is 0.417 e. The Kier molecular flexibility index (Phi) is 3.87. The average molecular weight is 353 g/mol. The van der Waals surface area contributed by atoms with Crippen LogP contribution in [-0.2, 0) is 11.0 Å². The van der Waals surface area contributed by atoms with Crippen LogP contribution in [0.25, 0.3) is 0 Å². The summed E-state index contributed by atoms with van der Waals surface area (Å²) in [5.41, 5.74) is 2.15. The molecule has 0 atom stereocenters. The molecular weight excluding hydrogens is 341 g/mol. The van der Waals surface area contributed by atoms with Crippen molar-refractivity contribution in [2.75, 3.05) is 5.32 Å². The van der Waals surface area contributed by atoms with Gasteiger partial charge < -0.3 is 5.32 Å². The normalized spacial score (nSPS) is 15.6. The molecule has 1 aliphatic heterocycles. The maximum absolute atomic E-state index is 13.0. The van der Waals surface area contributed by atoms with E-state index in [2.05, 4.69) is 10.3 Å². The molecule has 1 N–H and O–H groups in total. The number of amides is 1. The highest BCUT2D eigenvalue weighted by molar-refractivity contribution is 6.54. The third-order valence-electron chi connectivity index (χ3n) is 3.68. The van der Waals surface area contributed by atoms with Crippen LogP contribution in [0.4, 0.5) is 24.5 Å². The summed E-state index contributed by atoms with van der Waals surface area (Å²) >= 11 is 5.60. The van der Waals surface area contributed by atoms with Crippen molar-refractivity contribution < 1.29 is 18.0 Å². The van der Waals surface area contributed by atoms with Crippen LogP contribution in [0.1, 0.15) is 22.3 Å². The number of alkyl halides is 3. The fraction of sp³-hybridized carbons (Fsp3) is 0.176. The Morgan fingerprint density at radius 3 is 2.50 bits per heavy atom. The van der Waals surface area contributed by atoms with E-state index >= 15 is 0 Å². The molecule has 24 heavy (non-hydrogen) atoms. The van der Waals surface area contributed by atoms with Crippen LogP contribution in [0.3, 0.4) is 0 Å². The van der Waals surface area contributed by atoms with Gasteiger partial charge in [0.25, 0.3) is 5.91 Å². The molecule has 0 aromatic heterocycles. The monoisotopic (exact) mass is 352 g/mol. The first-order chi connectivity index (χ1) is 11.2. The van der Waals surface area contributed by atoms with Gasteiger partial charge in [0.05, 0.1) is 22.0 Å². The molecule has 3 rings (SSSR count). The lowest BCUT2D eigenvalue weighted by Crippen LogP contribution is -2.14. The summed E-state index contributed by atoms with van der Waals surface area (Å²) < 4.78 is 38.9. The Morgan fingerprint density at radius 1 is 1.12 bits per heavy atom. The molecule has 124 valence electrons. The van der Waals surface area contributed by atoms with E-state index in [9.17, 15) is 18.0 Å². The first kappa shape index (κ1) is 16.5. The molecule has 1 amide bonds. The number of nitrogens with one attached hydrogen (secondary N) is 1. The molecule has 2 aromatic rings. The molecule has 1 heterocycles. The smallest absolute Gasteiger partial charge is 0.320 e. The number of carbonyl (C=O) groups is 1. The summed E-state index contributed by atoms with van der Waals surface area (Å²) in [6, 6.07) is 6.99. The number of halogens is 4. The van der Waals surface area contributed by atoms with E-state index in [1.807, 2.05) is 19.9 Å². The van der Waals surface area contributed by atoms with Crippen LogP contribution in [0.5, 0.6) is 0 Å². The number of hydrogen-bond donors (Lipinski definition) is 1. The Hall–Kier alpha value is -2.34. The predicted octanol–water partition coefficient (Wildman–Crippen LogP) is 5.05. The van der Waals surface area contributed by atoms with Gasteiger partial charge in [-0.2, -0.15) is 13.2 Å². The molecule has 0 unspecified atom stereocenters. The summed E-state index contributed by atoms with van der Waals surface area (Å²) in [6.45, 7) is 3.72. The van der Waals surface area contributed by atoms with E-state index in [1.54, 1.807) is 6.07 Å². The quantitative estimate of drug-likeness (QED) is 0.766. The van der Waals surface area contributed by atoms with Crippen LogP contribution in [0.15, 0.2) is 35.3 Å². The Labute approximate surface area is 141 Å². The van der Waals surface area contributed by atoms with Gasteiger partial charge in [-0.05, 0) is 43.7 Å². The number of hydrogen-bond acceptors (Lipinski definition) is 2. The van der Waals surface area contributed by atoms with Crippen molar-refractivity contribution in [2.24, 2.45) is 4.99 Å². The Morgan fingerprint density at radius 2 is 1.83 bits per heavy atom. The second kappa shape index (κ2) is 5.63. The molecule has 0 fully saturated rings. The molecule has 7 heteroatoms. The number of nitrogens with zero attached hydrogens (tertiary/aromatic N) is 1. The van der Waals surface area contributed by atoms with Gasteiger partial charge in [0, 0.05) is 5.56 Å². The van der Waals surface area contributed by atoms with Gasteiger partial charge in [0.15, 0.2) is 0 Å². The van der Waals surface area contributed by atoms with Crippen molar-refractivity contribution in [3.05, 3.63) is 57.6 Å². The zero-order valence-electron chi connectivity index (χ0n) is 12.8. The molecule has 1 aliphatic rings. The van der Waals surface area contributed by atoms with Gasteiger partial charge in [-0.1, -0.05) is 23.2 Å². The number of benzene rings is 2. The van der Waals surface area contributed by atoms with E-state index in [1.165, 1.54) is 6.07 Å². The molecule has 0 radical (unpaired) electrons. The maximum Gasteiger partial charge on any atom is 0.417 e. The van der Waals surface area contributed by atoms with Crippen molar-refractivity contribution in [2.45, 2.75) is 20.0 Å². The number of carbonyl (C=O) groups excluding carboxylic acids is 1. The lowest BCUT2D eigenvalue weighted by Gasteiger charge is -2.09. The van der Waals surface area contributed by atoms with Gasteiger partial charge in [-0.25, -0.2) is 4.99 Å². The van der Waals surface area contributed by atoms with Gasteiger partial charge in [-0.15, -0.1) is 0 Å². The fourth-order valence-electron chi connectivity index (χ4n) is 2.66. The number of aryl methyl sites for hydroxylation is 2. The predicted molar refractivity (Wildman–Crippen MR) is 87.2 cm³/mol. The van der Waals surface area contributed by atoms with Crippen molar-refractivity contribution in [3.8, 4) is 0 Å². The third kappa shape index (κ3) is 2.89. The van der Waals surface area contributed by atoms with Gasteiger partial charge in [-0.3, -0.25) is 4.79 Å². The molecule has 2 aromatic carbocycles. The number of anilines is 1. The van der Waals surface area contributed by atoms with E-state index in [0.717, 1.165) is 23.3 Å². The highest BCUT2D eigenvalue weighted by Crippen LogP contribution is 2.37. The number of aliphatic imine (C=N–C) groups is 1. The lowest BCUT2D eigenvalue weighted by molar-refractivity contribution is -0.137. The van der Waals surface area contributed by atoms with Gasteiger partial charge >= 0.3 is 6.18 Å². The standard InChI is InChI=1S/C17H12ClF3N2O/c1-8-5-9(2)14-11(6-8)15(16(24)23-14)22-10-3-4-13(18)12(7-10)17(19,20)21/h3-7H,1-2H3,(H,22,23,24). The summed E-state index contributed by atoms with van der Waals surface area (Å²) in [4.78, 5) is 16.3. The molecular formula is C17H12ClF3N2O. The van der Waals surface area contributed by atoms with Crippen molar-refractivity contribution in [1.82, 2.24) is 0 Å². The number of rotatable bonds is 1. The first-order valence-corrected chi connectivity index (χ1v) is 7.43. The van der Waals surface area contributed by atoms with Crippen molar-refractivity contribution in [3.63, 3.8) is 0 Å². The molecule has 0 bridgehead atoms. The zero-order valence-corrected chi connectivity index (χ0v) is 13.5. The fourth-order valence-corrected chi connectivity index (χ4v) is 2.88. The van der Waals surface area contributed by atoms with Crippen LogP contribution in [0, 0.1) is 13.8 Å². The van der Waals surface area contributed by atoms with Gasteiger partial charge in [0.1, 0.15) is 5.71 Å². The van der Waals surface area contributed by atoms with Crippen molar-refractivity contribution >= 4 is 34.6 Å². The van der Waals surface area contributed by atoms with Crippen LogP contribution in [-0.4, -0.2) is 11.6 Å². The molecule has 0 spiro atoms. The zero-order chi connectivity index (χ0) is 17.6. The molecule has 3 nitrogen and oxygen atoms in total. The third-order valence-corrected chi connectivity index (χ3v) is 4.01. The summed E-state index contributed by atoms with van der Waals surface area (Å²) in [7, 11) is 0. The topological polar surface area (TPSA) is 41.5 Å². The van der Waals surface area contributed by atoms with Crippen molar-refractivity contribution in [1.29, 1.82) is 0 Å². The minimum atomic E-state index is -4.59. The van der Waals surface area contributed by atoms with Crippen LogP contribution in [0.2, 0.25) is 5.02 Å². The van der Waals surface area contributed by atoms with E-state index in [-0.39, 0.29) is 11.4 Å². The highest BCUT2D eigenvalue weighted by atomic mass is 35.5. The van der Waals surface area contributed by atoms with Crippen LogP contribution >= 0.6 is 11.6 Å². The average Bonchev–Trinajstić information content (AvgIpc) is 2.77. The van der Waals surface area contributed by atoms with Gasteiger partial charge in [0.2, 0.25) is 0 Å². The summed E-state index contributed by atoms with van der Waals surface area (Å²) in [5.74, 6) is -0.442. The second-order valence-electron chi connectivity index (χ2n) is 5.58. The Balaban J connectivity index is 2.13. The minimum absolute atomic E-state index is 0.0175. The van der Waals surface area contributed by atoms with E-state index < -0.39 is 22.7 Å². The number of fused-ring (bicyclic) bond motifs is 1. The molecule has 0 saturated heterocycles. The molecule has 0 aliphatic carbocycles. The summed E-state index contributed by atoms with van der Waals surface area (Å²) in [5, 5.41) is 2.29. The lowest BCUT2D eigenvalue weighted by atomic mass is 10.0. The second-order valence-corrected chi connectivity index (χ2v) is 5.99. The highest BCUT2D eigenvalue weighted by Gasteiger charge is 2.34. The SMILES string of the molecule is Cc1cc(C)c2c(c1)C(=Nc1ccc(Cl)c(C(F)(F)F)c1)C(=O)N2. The van der Waals surface area contributed by atoms with Crippen LogP contribution < -0.4 is 5.32 Å². The van der Waals surface area contributed by atoms with E-state index in [4.69, 9.17) is 11.6 Å². The first-order valence-electron chi connectivity index (χ1n) is 7.05. The van der Waals surface area contributed by atoms with E-state index in [0.29, 0.717) is 11.3 Å². The summed E-state index contributed by atoms with van der Waals surface area (Å²) in [6.07, 6.45) is -4.59. The Bertz CT molecular complexity index is 888. The maximum atomic E-state index is 13.0.